The molecule has 114 valence electrons. The molecule has 3 nitrogen and oxygen atoms in total. The monoisotopic (exact) mass is 286 g/mol. The van der Waals surface area contributed by atoms with Crippen LogP contribution in [0.4, 0.5) is 5.69 Å². The second kappa shape index (κ2) is 7.32. The first kappa shape index (κ1) is 15.6. The molecule has 0 bridgehead atoms. The van der Waals surface area contributed by atoms with Crippen LogP contribution in [-0.2, 0) is 24.4 Å². The van der Waals surface area contributed by atoms with Gasteiger partial charge in [0.1, 0.15) is 0 Å². The van der Waals surface area contributed by atoms with Gasteiger partial charge in [-0.3, -0.25) is 0 Å². The van der Waals surface area contributed by atoms with Crippen molar-refractivity contribution in [3.63, 3.8) is 0 Å². The van der Waals surface area contributed by atoms with Crippen molar-refractivity contribution in [2.45, 2.75) is 47.4 Å². The van der Waals surface area contributed by atoms with Crippen LogP contribution in [0.1, 0.15) is 36.4 Å². The van der Waals surface area contributed by atoms with E-state index in [1.54, 1.807) is 0 Å². The van der Waals surface area contributed by atoms with E-state index in [4.69, 9.17) is 4.74 Å². The van der Waals surface area contributed by atoms with Crippen LogP contribution in [-0.4, -0.2) is 11.2 Å². The van der Waals surface area contributed by atoms with Gasteiger partial charge in [-0.25, -0.2) is 0 Å². The molecule has 0 aliphatic carbocycles. The molecule has 0 aliphatic rings. The van der Waals surface area contributed by atoms with Crippen LogP contribution >= 0.6 is 0 Å². The van der Waals surface area contributed by atoms with Gasteiger partial charge in [-0.1, -0.05) is 18.2 Å². The number of nitrogens with one attached hydrogen (secondary N) is 1. The highest BCUT2D eigenvalue weighted by atomic mass is 16.5. The Morgan fingerprint density at radius 1 is 1.10 bits per heavy atom. The van der Waals surface area contributed by atoms with Gasteiger partial charge in [-0.15, -0.1) is 0 Å². The molecule has 21 heavy (non-hydrogen) atoms. The van der Waals surface area contributed by atoms with Crippen LogP contribution in [0.25, 0.3) is 0 Å². The number of para-hydroxylation sites is 1. The predicted molar refractivity (Wildman–Crippen MR) is 88.7 cm³/mol. The maximum absolute atomic E-state index is 5.53. The molecule has 0 fully saturated rings. The summed E-state index contributed by atoms with van der Waals surface area (Å²) in [4.78, 5) is 0. The van der Waals surface area contributed by atoms with Gasteiger partial charge in [0.2, 0.25) is 0 Å². The molecular weight excluding hydrogens is 260 g/mol. The highest BCUT2D eigenvalue weighted by Crippen LogP contribution is 2.20. The molecule has 0 aliphatic heterocycles. The first-order valence-electron chi connectivity index (χ1n) is 7.72. The summed E-state index contributed by atoms with van der Waals surface area (Å²) in [5.41, 5.74) is 6.41. The van der Waals surface area contributed by atoms with Gasteiger partial charge in [0, 0.05) is 42.3 Å². The lowest BCUT2D eigenvalue weighted by molar-refractivity contribution is 0.134. The number of nitrogens with zero attached hydrogens (tertiary/aromatic N) is 1. The summed E-state index contributed by atoms with van der Waals surface area (Å²) < 4.78 is 7.88. The lowest BCUT2D eigenvalue weighted by Crippen LogP contribution is -2.05. The third kappa shape index (κ3) is 3.67. The minimum absolute atomic E-state index is 0.660. The fourth-order valence-electron chi connectivity index (χ4n) is 2.76. The van der Waals surface area contributed by atoms with E-state index in [0.29, 0.717) is 6.61 Å². The van der Waals surface area contributed by atoms with Crippen LogP contribution in [0.3, 0.4) is 0 Å². The molecule has 0 saturated carbocycles. The molecular formula is C18H26N2O. The van der Waals surface area contributed by atoms with Crippen molar-refractivity contribution in [1.29, 1.82) is 0 Å². The van der Waals surface area contributed by atoms with Gasteiger partial charge >= 0.3 is 0 Å². The smallest absolute Gasteiger partial charge is 0.0736 e. The Hall–Kier alpha value is -1.74. The Labute approximate surface area is 127 Å². The average Bonchev–Trinajstić information content (AvgIpc) is 2.77. The molecule has 2 aromatic rings. The van der Waals surface area contributed by atoms with Crippen LogP contribution in [0.15, 0.2) is 30.3 Å². The first-order chi connectivity index (χ1) is 10.2. The summed E-state index contributed by atoms with van der Waals surface area (Å²) in [6.45, 7) is 11.9. The predicted octanol–water partition coefficient (Wildman–Crippen LogP) is 4.27. The van der Waals surface area contributed by atoms with Crippen molar-refractivity contribution in [2.75, 3.05) is 11.9 Å². The van der Waals surface area contributed by atoms with E-state index in [0.717, 1.165) is 25.4 Å². The Balaban J connectivity index is 2.10. The molecule has 3 heteroatoms. The summed E-state index contributed by atoms with van der Waals surface area (Å²) in [5, 5.41) is 3.55. The van der Waals surface area contributed by atoms with Crippen LogP contribution in [0.2, 0.25) is 0 Å². The second-order valence-electron chi connectivity index (χ2n) is 5.29. The highest BCUT2D eigenvalue weighted by molar-refractivity contribution is 5.51. The number of hydrogen-bond donors (Lipinski definition) is 1. The molecule has 0 saturated heterocycles. The normalized spacial score (nSPS) is 10.9. The molecule has 2 rings (SSSR count). The molecule has 0 amide bonds. The number of anilines is 1. The topological polar surface area (TPSA) is 26.2 Å². The zero-order chi connectivity index (χ0) is 15.2. The van der Waals surface area contributed by atoms with Crippen molar-refractivity contribution in [1.82, 2.24) is 4.57 Å². The molecule has 0 atom stereocenters. The van der Waals surface area contributed by atoms with Crippen molar-refractivity contribution in [3.8, 4) is 0 Å². The molecule has 0 spiro atoms. The number of ether oxygens (including phenoxy) is 1. The third-order valence-corrected chi connectivity index (χ3v) is 3.94. The fourth-order valence-corrected chi connectivity index (χ4v) is 2.76. The molecule has 1 N–H and O–H groups in total. The lowest BCUT2D eigenvalue weighted by Gasteiger charge is -2.12. The van der Waals surface area contributed by atoms with Crippen molar-refractivity contribution < 1.29 is 4.74 Å². The van der Waals surface area contributed by atoms with Gasteiger partial charge in [-0.05, 0) is 45.4 Å². The van der Waals surface area contributed by atoms with Crippen molar-refractivity contribution in [2.24, 2.45) is 0 Å². The number of rotatable bonds is 7. The summed E-state index contributed by atoms with van der Waals surface area (Å²) in [6.07, 6.45) is 0. The summed E-state index contributed by atoms with van der Waals surface area (Å²) >= 11 is 0. The number of benzene rings is 1. The van der Waals surface area contributed by atoms with E-state index < -0.39 is 0 Å². The molecule has 1 heterocycles. The quantitative estimate of drug-likeness (QED) is 0.822. The Bertz CT molecular complexity index is 587. The van der Waals surface area contributed by atoms with Crippen LogP contribution in [0.5, 0.6) is 0 Å². The minimum Gasteiger partial charge on any atom is -0.381 e. The van der Waals surface area contributed by atoms with E-state index in [-0.39, 0.29) is 0 Å². The number of aromatic nitrogens is 1. The molecule has 0 radical (unpaired) electrons. The second-order valence-corrected chi connectivity index (χ2v) is 5.29. The largest absolute Gasteiger partial charge is 0.381 e. The van der Waals surface area contributed by atoms with Crippen LogP contribution < -0.4 is 5.32 Å². The van der Waals surface area contributed by atoms with Gasteiger partial charge in [0.25, 0.3) is 0 Å². The van der Waals surface area contributed by atoms with Gasteiger partial charge in [0.15, 0.2) is 0 Å². The highest BCUT2D eigenvalue weighted by Gasteiger charge is 2.08. The van der Waals surface area contributed by atoms with E-state index in [1.165, 1.54) is 22.5 Å². The zero-order valence-electron chi connectivity index (χ0n) is 13.6. The number of hydrogen-bond acceptors (Lipinski definition) is 2. The minimum atomic E-state index is 0.660. The van der Waals surface area contributed by atoms with Crippen molar-refractivity contribution in [3.05, 3.63) is 52.8 Å². The number of aryl methyl sites for hydroxylation is 1. The average molecular weight is 286 g/mol. The van der Waals surface area contributed by atoms with E-state index in [9.17, 15) is 0 Å². The molecule has 1 aromatic carbocycles. The Morgan fingerprint density at radius 2 is 1.86 bits per heavy atom. The maximum atomic E-state index is 5.53. The summed E-state index contributed by atoms with van der Waals surface area (Å²) in [5.74, 6) is 0. The van der Waals surface area contributed by atoms with Gasteiger partial charge in [0.05, 0.1) is 6.61 Å². The van der Waals surface area contributed by atoms with Crippen molar-refractivity contribution >= 4 is 5.69 Å². The van der Waals surface area contributed by atoms with Gasteiger partial charge in [-0.2, -0.15) is 0 Å². The molecule has 0 unspecified atom stereocenters. The first-order valence-corrected chi connectivity index (χ1v) is 7.72. The van der Waals surface area contributed by atoms with Crippen LogP contribution in [0, 0.1) is 13.8 Å². The lowest BCUT2D eigenvalue weighted by atomic mass is 10.1. The Kier molecular flexibility index (Phi) is 5.45. The maximum Gasteiger partial charge on any atom is 0.0736 e. The fraction of sp³-hybridized carbons (Fsp3) is 0.444. The standard InChI is InChI=1S/C18H26N2O/c1-5-20-14(3)11-17(15(20)4)12-19-18-10-8-7-9-16(18)13-21-6-2/h7-11,19H,5-6,12-13H2,1-4H3. The SMILES string of the molecule is CCOCc1ccccc1NCc1cc(C)n(CC)c1C. The summed E-state index contributed by atoms with van der Waals surface area (Å²) in [6, 6.07) is 10.6. The summed E-state index contributed by atoms with van der Waals surface area (Å²) in [7, 11) is 0. The van der Waals surface area contributed by atoms with E-state index in [1.807, 2.05) is 6.92 Å². The van der Waals surface area contributed by atoms with Gasteiger partial charge < -0.3 is 14.6 Å². The van der Waals surface area contributed by atoms with E-state index in [2.05, 4.69) is 61.0 Å². The zero-order valence-corrected chi connectivity index (χ0v) is 13.6. The third-order valence-electron chi connectivity index (χ3n) is 3.94. The van der Waals surface area contributed by atoms with E-state index >= 15 is 0 Å². The Morgan fingerprint density at radius 3 is 2.52 bits per heavy atom. The molecule has 1 aromatic heterocycles.